The van der Waals surface area contributed by atoms with Crippen molar-refractivity contribution in [3.8, 4) is 0 Å². The van der Waals surface area contributed by atoms with E-state index in [9.17, 15) is 4.79 Å². The van der Waals surface area contributed by atoms with Crippen LogP contribution in [0.15, 0.2) is 47.1 Å². The lowest BCUT2D eigenvalue weighted by molar-refractivity contribution is -0.115. The van der Waals surface area contributed by atoms with Crippen LogP contribution in [-0.2, 0) is 4.79 Å². The Kier molecular flexibility index (Phi) is 5.73. The highest BCUT2D eigenvalue weighted by molar-refractivity contribution is 7.80. The number of hydrogen-bond donors (Lipinski definition) is 2. The number of halogens is 1. The maximum absolute atomic E-state index is 11.9. The molecule has 1 saturated heterocycles. The summed E-state index contributed by atoms with van der Waals surface area (Å²) in [6.07, 6.45) is 6.77. The second-order valence-corrected chi connectivity index (χ2v) is 6.44. The lowest BCUT2D eigenvalue weighted by atomic mass is 10.2. The molecular formula is C18H18ClN3O2S. The minimum absolute atomic E-state index is 0.219. The van der Waals surface area contributed by atoms with E-state index in [1.807, 2.05) is 18.2 Å². The number of thiocarbonyl (C=S) groups is 1. The molecule has 1 fully saturated rings. The van der Waals surface area contributed by atoms with Crippen LogP contribution in [0, 0.1) is 0 Å². The van der Waals surface area contributed by atoms with Crippen molar-refractivity contribution in [2.24, 2.45) is 0 Å². The number of nitrogens with zero attached hydrogens (tertiary/aromatic N) is 1. The fourth-order valence-corrected chi connectivity index (χ4v) is 3.23. The van der Waals surface area contributed by atoms with Gasteiger partial charge in [0.25, 0.3) is 0 Å². The van der Waals surface area contributed by atoms with Gasteiger partial charge >= 0.3 is 0 Å². The molecule has 2 aromatic rings. The molecule has 1 aromatic carbocycles. The number of carbonyl (C=O) groups is 1. The third kappa shape index (κ3) is 4.61. The number of furan rings is 1. The Bertz CT molecular complexity index is 784. The van der Waals surface area contributed by atoms with E-state index in [1.54, 1.807) is 24.5 Å². The van der Waals surface area contributed by atoms with Crippen molar-refractivity contribution in [1.29, 1.82) is 0 Å². The minimum Gasteiger partial charge on any atom is -0.465 e. The highest BCUT2D eigenvalue weighted by Gasteiger charge is 2.19. The molecule has 0 unspecified atom stereocenters. The molecule has 0 saturated carbocycles. The number of carbonyl (C=O) groups excluding carboxylic acids is 1. The average molecular weight is 376 g/mol. The third-order valence-electron chi connectivity index (χ3n) is 3.84. The Morgan fingerprint density at radius 1 is 1.24 bits per heavy atom. The number of para-hydroxylation sites is 1. The van der Waals surface area contributed by atoms with Crippen molar-refractivity contribution in [2.75, 3.05) is 23.3 Å². The van der Waals surface area contributed by atoms with Gasteiger partial charge in [0.15, 0.2) is 5.11 Å². The summed E-state index contributed by atoms with van der Waals surface area (Å²) in [7, 11) is 0. The maximum Gasteiger partial charge on any atom is 0.250 e. The first-order valence-electron chi connectivity index (χ1n) is 8.00. The summed E-state index contributed by atoms with van der Waals surface area (Å²) in [5, 5.41) is 6.57. The summed E-state index contributed by atoms with van der Waals surface area (Å²) in [5.74, 6) is 0.263. The van der Waals surface area contributed by atoms with Crippen molar-refractivity contribution in [2.45, 2.75) is 12.8 Å². The largest absolute Gasteiger partial charge is 0.465 e. The highest BCUT2D eigenvalue weighted by atomic mass is 35.5. The average Bonchev–Trinajstić information content (AvgIpc) is 3.27. The number of rotatable bonds is 4. The predicted octanol–water partition coefficient (Wildman–Crippen LogP) is 4.06. The summed E-state index contributed by atoms with van der Waals surface area (Å²) in [6.45, 7) is 1.92. The first kappa shape index (κ1) is 17.5. The zero-order chi connectivity index (χ0) is 17.6. The second-order valence-electron chi connectivity index (χ2n) is 5.62. The van der Waals surface area contributed by atoms with Crippen LogP contribution in [0.5, 0.6) is 0 Å². The van der Waals surface area contributed by atoms with Gasteiger partial charge in [-0.05, 0) is 55.4 Å². The fourth-order valence-electron chi connectivity index (χ4n) is 2.73. The van der Waals surface area contributed by atoms with Crippen LogP contribution in [0.25, 0.3) is 6.08 Å². The number of benzene rings is 1. The number of anilines is 2. The minimum atomic E-state index is -0.335. The van der Waals surface area contributed by atoms with Crippen LogP contribution in [0.1, 0.15) is 18.6 Å². The van der Waals surface area contributed by atoms with E-state index in [0.717, 1.165) is 37.3 Å². The van der Waals surface area contributed by atoms with Gasteiger partial charge in [-0.15, -0.1) is 0 Å². The van der Waals surface area contributed by atoms with Gasteiger partial charge in [-0.1, -0.05) is 17.7 Å². The van der Waals surface area contributed by atoms with Gasteiger partial charge in [0, 0.05) is 19.2 Å². The van der Waals surface area contributed by atoms with Crippen LogP contribution in [0.4, 0.5) is 11.4 Å². The molecule has 2 heterocycles. The van der Waals surface area contributed by atoms with E-state index in [2.05, 4.69) is 15.5 Å². The van der Waals surface area contributed by atoms with Crippen LogP contribution in [0.3, 0.4) is 0 Å². The normalized spacial score (nSPS) is 14.0. The quantitative estimate of drug-likeness (QED) is 0.623. The third-order valence-corrected chi connectivity index (χ3v) is 4.35. The molecular weight excluding hydrogens is 358 g/mol. The Labute approximate surface area is 156 Å². The monoisotopic (exact) mass is 375 g/mol. The van der Waals surface area contributed by atoms with E-state index in [4.69, 9.17) is 28.2 Å². The number of amides is 1. The van der Waals surface area contributed by atoms with Crippen molar-refractivity contribution >= 4 is 52.3 Å². The Morgan fingerprint density at radius 2 is 2.04 bits per heavy atom. The van der Waals surface area contributed by atoms with Crippen LogP contribution in [0.2, 0.25) is 5.02 Å². The molecule has 1 aromatic heterocycles. The van der Waals surface area contributed by atoms with Gasteiger partial charge in [0.1, 0.15) is 5.76 Å². The van der Waals surface area contributed by atoms with E-state index >= 15 is 0 Å². The number of hydrogen-bond acceptors (Lipinski definition) is 4. The highest BCUT2D eigenvalue weighted by Crippen LogP contribution is 2.35. The molecule has 5 nitrogen and oxygen atoms in total. The van der Waals surface area contributed by atoms with Crippen molar-refractivity contribution in [1.82, 2.24) is 5.32 Å². The summed E-state index contributed by atoms with van der Waals surface area (Å²) >= 11 is 11.6. The summed E-state index contributed by atoms with van der Waals surface area (Å²) in [4.78, 5) is 14.2. The van der Waals surface area contributed by atoms with Gasteiger partial charge in [0.2, 0.25) is 5.91 Å². The van der Waals surface area contributed by atoms with Crippen LogP contribution < -0.4 is 15.5 Å². The van der Waals surface area contributed by atoms with E-state index in [0.29, 0.717) is 10.8 Å². The zero-order valence-corrected chi connectivity index (χ0v) is 15.1. The van der Waals surface area contributed by atoms with Gasteiger partial charge in [-0.25, -0.2) is 0 Å². The second kappa shape index (κ2) is 8.18. The smallest absolute Gasteiger partial charge is 0.250 e. The molecule has 0 spiro atoms. The van der Waals surface area contributed by atoms with Gasteiger partial charge < -0.3 is 14.6 Å². The first-order valence-corrected chi connectivity index (χ1v) is 8.79. The lowest BCUT2D eigenvalue weighted by Crippen LogP contribution is -2.33. The van der Waals surface area contributed by atoms with Crippen molar-refractivity contribution in [3.05, 3.63) is 53.5 Å². The molecule has 3 rings (SSSR count). The van der Waals surface area contributed by atoms with Crippen molar-refractivity contribution in [3.63, 3.8) is 0 Å². The molecule has 0 aliphatic carbocycles. The Morgan fingerprint density at radius 3 is 2.76 bits per heavy atom. The molecule has 1 amide bonds. The SMILES string of the molecule is O=C(/C=C/c1ccco1)NC(=S)Nc1cccc(Cl)c1N1CCCC1. The Hall–Kier alpha value is -2.31. The maximum atomic E-state index is 11.9. The number of nitrogens with one attached hydrogen (secondary N) is 2. The van der Waals surface area contributed by atoms with Crippen LogP contribution in [-0.4, -0.2) is 24.1 Å². The molecule has 0 radical (unpaired) electrons. The Balaban J connectivity index is 1.65. The summed E-state index contributed by atoms with van der Waals surface area (Å²) < 4.78 is 5.13. The summed E-state index contributed by atoms with van der Waals surface area (Å²) in [5.41, 5.74) is 1.71. The van der Waals surface area contributed by atoms with E-state index < -0.39 is 0 Å². The molecule has 7 heteroatoms. The van der Waals surface area contributed by atoms with Crippen LogP contribution >= 0.6 is 23.8 Å². The molecule has 130 valence electrons. The van der Waals surface area contributed by atoms with Gasteiger partial charge in [-0.3, -0.25) is 10.1 Å². The van der Waals surface area contributed by atoms with E-state index in [1.165, 1.54) is 6.08 Å². The fraction of sp³-hybridized carbons (Fsp3) is 0.222. The molecule has 0 atom stereocenters. The zero-order valence-electron chi connectivity index (χ0n) is 13.5. The van der Waals surface area contributed by atoms with Gasteiger partial charge in [0.05, 0.1) is 22.7 Å². The first-order chi connectivity index (χ1) is 12.1. The standard InChI is InChI=1S/C18H18ClN3O2S/c19-14-6-3-7-15(17(14)22-10-1-2-11-22)20-18(25)21-16(23)9-8-13-5-4-12-24-13/h3-9,12H,1-2,10-11H2,(H2,20,21,23,25)/b9-8+. The molecule has 2 N–H and O–H groups in total. The molecule has 25 heavy (non-hydrogen) atoms. The topological polar surface area (TPSA) is 57.5 Å². The van der Waals surface area contributed by atoms with Crippen molar-refractivity contribution < 1.29 is 9.21 Å². The predicted molar refractivity (Wildman–Crippen MR) is 105 cm³/mol. The molecule has 0 bridgehead atoms. The molecule has 1 aliphatic heterocycles. The molecule has 1 aliphatic rings. The van der Waals surface area contributed by atoms with E-state index in [-0.39, 0.29) is 11.0 Å². The summed E-state index contributed by atoms with van der Waals surface area (Å²) in [6, 6.07) is 9.12. The van der Waals surface area contributed by atoms with Gasteiger partial charge in [-0.2, -0.15) is 0 Å². The lowest BCUT2D eigenvalue weighted by Gasteiger charge is -2.23.